The molecule has 0 radical (unpaired) electrons. The lowest BCUT2D eigenvalue weighted by molar-refractivity contribution is 0.242. The van der Waals surface area contributed by atoms with E-state index in [-0.39, 0.29) is 11.4 Å². The molecular formula is C16H20N2O3. The predicted octanol–water partition coefficient (Wildman–Crippen LogP) is 1.68. The zero-order chi connectivity index (χ0) is 14.8. The highest BCUT2D eigenvalue weighted by Gasteiger charge is 2.24. The summed E-state index contributed by atoms with van der Waals surface area (Å²) in [6, 6.07) is 7.01. The molecule has 1 fully saturated rings. The summed E-state index contributed by atoms with van der Waals surface area (Å²) in [6.45, 7) is 2.74. The molecule has 1 aliphatic rings. The van der Waals surface area contributed by atoms with Gasteiger partial charge in [-0.25, -0.2) is 4.79 Å². The van der Waals surface area contributed by atoms with Gasteiger partial charge in [0.05, 0.1) is 0 Å². The fraction of sp³-hybridized carbons (Fsp3) is 0.438. The lowest BCUT2D eigenvalue weighted by atomic mass is 10.1. The molecule has 1 atom stereocenters. The molecular weight excluding hydrogens is 268 g/mol. The van der Waals surface area contributed by atoms with Crippen LogP contribution in [0.4, 0.5) is 0 Å². The molecule has 0 bridgehead atoms. The monoisotopic (exact) mass is 288 g/mol. The van der Waals surface area contributed by atoms with Gasteiger partial charge in [0.1, 0.15) is 11.3 Å². The van der Waals surface area contributed by atoms with E-state index in [2.05, 4.69) is 10.2 Å². The van der Waals surface area contributed by atoms with Crippen molar-refractivity contribution in [3.63, 3.8) is 0 Å². The van der Waals surface area contributed by atoms with Crippen molar-refractivity contribution in [2.24, 2.45) is 0 Å². The number of benzene rings is 1. The van der Waals surface area contributed by atoms with Gasteiger partial charge < -0.3 is 14.8 Å². The summed E-state index contributed by atoms with van der Waals surface area (Å²) in [7, 11) is 1.96. The van der Waals surface area contributed by atoms with E-state index in [0.717, 1.165) is 30.6 Å². The van der Waals surface area contributed by atoms with Crippen LogP contribution in [0.2, 0.25) is 0 Å². The zero-order valence-electron chi connectivity index (χ0n) is 12.1. The van der Waals surface area contributed by atoms with Crippen molar-refractivity contribution in [2.75, 3.05) is 20.1 Å². The molecule has 1 aromatic heterocycles. The first-order chi connectivity index (χ1) is 10.2. The Bertz CT molecular complexity index is 695. The standard InChI is InChI=1S/C16H20N2O3/c1-17-9-12-3-2-6-18(12)10-11-7-16(20)21-15-8-13(19)4-5-14(11)15/h4-5,7-8,12,17,19H,2-3,6,9-10H2,1H3. The van der Waals surface area contributed by atoms with Gasteiger partial charge in [-0.2, -0.15) is 0 Å². The van der Waals surface area contributed by atoms with Gasteiger partial charge in [-0.05, 0) is 44.1 Å². The predicted molar refractivity (Wildman–Crippen MR) is 81.5 cm³/mol. The van der Waals surface area contributed by atoms with Crippen LogP contribution < -0.4 is 10.9 Å². The van der Waals surface area contributed by atoms with Crippen LogP contribution in [0.25, 0.3) is 11.0 Å². The lowest BCUT2D eigenvalue weighted by Gasteiger charge is -2.24. The van der Waals surface area contributed by atoms with Gasteiger partial charge in [-0.15, -0.1) is 0 Å². The highest BCUT2D eigenvalue weighted by Crippen LogP contribution is 2.25. The van der Waals surface area contributed by atoms with E-state index in [1.54, 1.807) is 12.1 Å². The number of phenols is 1. The number of nitrogens with one attached hydrogen (secondary N) is 1. The average molecular weight is 288 g/mol. The molecule has 1 aliphatic heterocycles. The molecule has 5 heteroatoms. The number of hydrogen-bond acceptors (Lipinski definition) is 5. The third kappa shape index (κ3) is 2.94. The van der Waals surface area contributed by atoms with Gasteiger partial charge in [0.25, 0.3) is 0 Å². The van der Waals surface area contributed by atoms with E-state index in [9.17, 15) is 9.90 Å². The molecule has 1 aromatic carbocycles. The molecule has 0 aliphatic carbocycles. The normalized spacial score (nSPS) is 19.4. The van der Waals surface area contributed by atoms with Crippen LogP contribution in [0.5, 0.6) is 5.75 Å². The summed E-state index contributed by atoms with van der Waals surface area (Å²) in [5.41, 5.74) is 1.04. The van der Waals surface area contributed by atoms with Crippen LogP contribution in [0.1, 0.15) is 18.4 Å². The van der Waals surface area contributed by atoms with E-state index < -0.39 is 0 Å². The highest BCUT2D eigenvalue weighted by molar-refractivity contribution is 5.81. The molecule has 112 valence electrons. The van der Waals surface area contributed by atoms with Gasteiger partial charge in [0.2, 0.25) is 0 Å². The molecule has 1 unspecified atom stereocenters. The molecule has 2 aromatic rings. The fourth-order valence-electron chi connectivity index (χ4n) is 3.14. The molecule has 0 saturated carbocycles. The molecule has 0 spiro atoms. The van der Waals surface area contributed by atoms with Crippen LogP contribution in [0.15, 0.2) is 33.5 Å². The van der Waals surface area contributed by atoms with Gasteiger partial charge in [0.15, 0.2) is 0 Å². The smallest absolute Gasteiger partial charge is 0.336 e. The molecule has 2 N–H and O–H groups in total. The van der Waals surface area contributed by atoms with Crippen LogP contribution in [0, 0.1) is 0 Å². The van der Waals surface area contributed by atoms with Crippen molar-refractivity contribution in [3.8, 4) is 5.75 Å². The summed E-state index contributed by atoms with van der Waals surface area (Å²) in [4.78, 5) is 14.1. The van der Waals surface area contributed by atoms with Gasteiger partial charge >= 0.3 is 5.63 Å². The van der Waals surface area contributed by atoms with Crippen molar-refractivity contribution in [2.45, 2.75) is 25.4 Å². The summed E-state index contributed by atoms with van der Waals surface area (Å²) in [6.07, 6.45) is 2.37. The van der Waals surface area contributed by atoms with E-state index in [1.165, 1.54) is 18.9 Å². The number of likely N-dealkylation sites (tertiary alicyclic amines) is 1. The van der Waals surface area contributed by atoms with Crippen molar-refractivity contribution in [1.82, 2.24) is 10.2 Å². The quantitative estimate of drug-likeness (QED) is 0.838. The first kappa shape index (κ1) is 14.1. The Kier molecular flexibility index (Phi) is 3.94. The number of aromatic hydroxyl groups is 1. The number of fused-ring (bicyclic) bond motifs is 1. The van der Waals surface area contributed by atoms with E-state index >= 15 is 0 Å². The highest BCUT2D eigenvalue weighted by atomic mass is 16.4. The maximum atomic E-state index is 11.7. The Hall–Kier alpha value is -1.85. The van der Waals surface area contributed by atoms with E-state index in [1.807, 2.05) is 13.1 Å². The molecule has 3 rings (SSSR count). The third-order valence-corrected chi connectivity index (χ3v) is 4.13. The minimum Gasteiger partial charge on any atom is -0.508 e. The van der Waals surface area contributed by atoms with E-state index in [0.29, 0.717) is 11.6 Å². The lowest BCUT2D eigenvalue weighted by Crippen LogP contribution is -2.36. The van der Waals surface area contributed by atoms with Gasteiger partial charge in [-0.1, -0.05) is 0 Å². The van der Waals surface area contributed by atoms with Crippen LogP contribution in [-0.4, -0.2) is 36.2 Å². The number of phenolic OH excluding ortho intramolecular Hbond substituents is 1. The average Bonchev–Trinajstić information content (AvgIpc) is 2.86. The van der Waals surface area contributed by atoms with E-state index in [4.69, 9.17) is 4.42 Å². The first-order valence-corrected chi connectivity index (χ1v) is 7.32. The second-order valence-electron chi connectivity index (χ2n) is 5.60. The fourth-order valence-corrected chi connectivity index (χ4v) is 3.14. The Balaban J connectivity index is 1.95. The van der Waals surface area contributed by atoms with Crippen molar-refractivity contribution < 1.29 is 9.52 Å². The summed E-state index contributed by atoms with van der Waals surface area (Å²) >= 11 is 0. The minimum absolute atomic E-state index is 0.108. The number of likely N-dealkylation sites (N-methyl/N-ethyl adjacent to an activating group) is 1. The van der Waals surface area contributed by atoms with Gasteiger partial charge in [0, 0.05) is 36.7 Å². The van der Waals surface area contributed by atoms with Crippen LogP contribution >= 0.6 is 0 Å². The Labute approximate surface area is 123 Å². The van der Waals surface area contributed by atoms with Crippen LogP contribution in [-0.2, 0) is 6.54 Å². The van der Waals surface area contributed by atoms with Crippen molar-refractivity contribution >= 4 is 11.0 Å². The molecule has 5 nitrogen and oxygen atoms in total. The topological polar surface area (TPSA) is 65.7 Å². The third-order valence-electron chi connectivity index (χ3n) is 4.13. The Morgan fingerprint density at radius 1 is 1.43 bits per heavy atom. The summed E-state index contributed by atoms with van der Waals surface area (Å²) < 4.78 is 5.18. The first-order valence-electron chi connectivity index (χ1n) is 7.32. The van der Waals surface area contributed by atoms with Gasteiger partial charge in [-0.3, -0.25) is 4.90 Å². The number of rotatable bonds is 4. The second-order valence-corrected chi connectivity index (χ2v) is 5.60. The minimum atomic E-state index is -0.368. The zero-order valence-corrected chi connectivity index (χ0v) is 12.1. The Morgan fingerprint density at radius 2 is 2.29 bits per heavy atom. The summed E-state index contributed by atoms with van der Waals surface area (Å²) in [5.74, 6) is 0.108. The maximum absolute atomic E-state index is 11.7. The SMILES string of the molecule is CNCC1CCCN1Cc1cc(=O)oc2cc(O)ccc12. The van der Waals surface area contributed by atoms with Crippen LogP contribution in [0.3, 0.4) is 0 Å². The maximum Gasteiger partial charge on any atom is 0.336 e. The largest absolute Gasteiger partial charge is 0.508 e. The second kappa shape index (κ2) is 5.87. The molecule has 0 amide bonds. The molecule has 2 heterocycles. The van der Waals surface area contributed by atoms with Crippen molar-refractivity contribution in [1.29, 1.82) is 0 Å². The van der Waals surface area contributed by atoms with Crippen molar-refractivity contribution in [3.05, 3.63) is 40.2 Å². The molecule has 1 saturated heterocycles. The molecule has 21 heavy (non-hydrogen) atoms. The Morgan fingerprint density at radius 3 is 3.10 bits per heavy atom. The number of nitrogens with zero attached hydrogens (tertiary/aromatic N) is 1. The number of hydrogen-bond donors (Lipinski definition) is 2. The summed E-state index contributed by atoms with van der Waals surface area (Å²) in [5, 5.41) is 13.6.